The summed E-state index contributed by atoms with van der Waals surface area (Å²) in [6.45, 7) is 4.14. The first-order chi connectivity index (χ1) is 23.0. The van der Waals surface area contributed by atoms with Gasteiger partial charge in [-0.15, -0.1) is 0 Å². The molecule has 0 heterocycles. The Kier molecular flexibility index (Phi) is 34.6. The number of carbonyl (C=O) groups excluding carboxylic acids is 2. The number of carbonyl (C=O) groups is 3. The number of rotatable bonds is 35. The Labute approximate surface area is 289 Å². The summed E-state index contributed by atoms with van der Waals surface area (Å²) in [5.41, 5.74) is 0. The second-order valence-electron chi connectivity index (χ2n) is 13.2. The molecule has 0 bridgehead atoms. The molecule has 0 radical (unpaired) electrons. The average Bonchev–Trinajstić information content (AvgIpc) is 3.05. The fraction of sp³-hybridized carbons (Fsp3) is 0.780. The lowest BCUT2D eigenvalue weighted by Gasteiger charge is -2.14. The van der Waals surface area contributed by atoms with E-state index in [9.17, 15) is 14.4 Å². The highest BCUT2D eigenvalue weighted by Gasteiger charge is 2.12. The summed E-state index contributed by atoms with van der Waals surface area (Å²) in [4.78, 5) is 34.8. The van der Waals surface area contributed by atoms with Gasteiger partial charge in [0.15, 0.2) is 0 Å². The molecule has 1 unspecified atom stereocenters. The van der Waals surface area contributed by atoms with Gasteiger partial charge in [0.05, 0.1) is 0 Å². The van der Waals surface area contributed by atoms with Crippen LogP contribution in [0.5, 0.6) is 0 Å². The molecule has 272 valence electrons. The summed E-state index contributed by atoms with van der Waals surface area (Å²) in [6, 6.07) is 0. The van der Waals surface area contributed by atoms with Gasteiger partial charge in [-0.25, -0.2) is 0 Å². The van der Waals surface area contributed by atoms with Crippen molar-refractivity contribution in [2.24, 2.45) is 0 Å². The van der Waals surface area contributed by atoms with Crippen molar-refractivity contribution in [3.05, 3.63) is 36.5 Å². The second-order valence-corrected chi connectivity index (χ2v) is 13.2. The van der Waals surface area contributed by atoms with Crippen LogP contribution in [0.25, 0.3) is 0 Å². The van der Waals surface area contributed by atoms with Crippen molar-refractivity contribution in [2.45, 2.75) is 200 Å². The van der Waals surface area contributed by atoms with Gasteiger partial charge in [-0.2, -0.15) is 0 Å². The maximum atomic E-state index is 12.6. The van der Waals surface area contributed by atoms with Crippen LogP contribution in [0.4, 0.5) is 0 Å². The Balaban J connectivity index is 4.02. The van der Waals surface area contributed by atoms with Gasteiger partial charge in [-0.3, -0.25) is 14.4 Å². The molecule has 0 aromatic carbocycles. The molecule has 0 fully saturated rings. The van der Waals surface area contributed by atoms with Gasteiger partial charge in [0, 0.05) is 12.8 Å². The van der Waals surface area contributed by atoms with E-state index in [1.807, 2.05) is 6.08 Å². The molecule has 0 aliphatic heterocycles. The number of carboxylic acid groups (broad SMARTS) is 1. The molecular weight excluding hydrogens is 586 g/mol. The van der Waals surface area contributed by atoms with Crippen molar-refractivity contribution in [3.8, 4) is 0 Å². The fourth-order valence-corrected chi connectivity index (χ4v) is 5.56. The smallest absolute Gasteiger partial charge is 0.322 e. The van der Waals surface area contributed by atoms with Gasteiger partial charge in [0.1, 0.15) is 12.6 Å². The first kappa shape index (κ1) is 44.6. The highest BCUT2D eigenvalue weighted by molar-refractivity contribution is 5.80. The van der Waals surface area contributed by atoms with Crippen molar-refractivity contribution < 1.29 is 24.2 Å². The quantitative estimate of drug-likeness (QED) is 0.0401. The lowest BCUT2D eigenvalue weighted by atomic mass is 10.1. The summed E-state index contributed by atoms with van der Waals surface area (Å²) >= 11 is 0. The largest absolute Gasteiger partial charge is 0.480 e. The third-order valence-corrected chi connectivity index (χ3v) is 8.52. The van der Waals surface area contributed by atoms with E-state index >= 15 is 0 Å². The summed E-state index contributed by atoms with van der Waals surface area (Å²) < 4.78 is 5.86. The monoisotopic (exact) mass is 660 g/mol. The predicted molar refractivity (Wildman–Crippen MR) is 199 cm³/mol. The summed E-state index contributed by atoms with van der Waals surface area (Å²) in [5.74, 6) is -1.35. The van der Waals surface area contributed by atoms with Crippen LogP contribution in [-0.2, 0) is 19.1 Å². The fourth-order valence-electron chi connectivity index (χ4n) is 5.56. The average molecular weight is 660 g/mol. The van der Waals surface area contributed by atoms with Crippen molar-refractivity contribution in [3.63, 3.8) is 0 Å². The molecule has 0 saturated carbocycles. The lowest BCUT2D eigenvalue weighted by Crippen LogP contribution is -2.28. The third-order valence-electron chi connectivity index (χ3n) is 8.52. The minimum atomic E-state index is -1.03. The number of aliphatic carboxylic acids is 1. The molecule has 0 saturated heterocycles. The molecular formula is C41H73NO5. The topological polar surface area (TPSA) is 92.7 Å². The van der Waals surface area contributed by atoms with Crippen molar-refractivity contribution in [1.82, 2.24) is 5.32 Å². The van der Waals surface area contributed by atoms with E-state index in [0.717, 1.165) is 57.8 Å². The molecule has 0 aliphatic carbocycles. The standard InChI is InChI=1S/C41H73NO5/c1-3-5-7-9-11-12-13-14-15-16-17-18-19-20-21-22-24-26-32-36-41(46)47-38(33-29-25-23-10-8-6-4-2)34-30-27-28-31-35-39(43)42-37-40(44)45/h10,14-15,23,29,33,38H,3-9,11-13,16-22,24-28,30-32,34-37H2,1-2H3,(H,42,43)(H,44,45)/b15-14-,23-10-,33-29-. The van der Waals surface area contributed by atoms with Crippen LogP contribution < -0.4 is 5.32 Å². The van der Waals surface area contributed by atoms with E-state index in [4.69, 9.17) is 9.84 Å². The third kappa shape index (κ3) is 36.3. The highest BCUT2D eigenvalue weighted by atomic mass is 16.5. The minimum absolute atomic E-state index is 0.103. The van der Waals surface area contributed by atoms with Crippen LogP contribution in [0.15, 0.2) is 36.5 Å². The Hall–Kier alpha value is -2.37. The van der Waals surface area contributed by atoms with E-state index in [0.29, 0.717) is 12.8 Å². The maximum absolute atomic E-state index is 12.6. The first-order valence-electron chi connectivity index (χ1n) is 19.6. The number of ether oxygens (including phenoxy) is 1. The zero-order valence-electron chi connectivity index (χ0n) is 30.6. The molecule has 0 aromatic heterocycles. The van der Waals surface area contributed by atoms with E-state index in [1.165, 1.54) is 109 Å². The highest BCUT2D eigenvalue weighted by Crippen LogP contribution is 2.15. The van der Waals surface area contributed by atoms with E-state index < -0.39 is 5.97 Å². The summed E-state index contributed by atoms with van der Waals surface area (Å²) in [7, 11) is 0. The SMILES string of the molecule is CCCC/C=C\C/C=C\C(CCCCCCC(=O)NCC(=O)O)OC(=O)CCCCCCCCCCC/C=C\CCCCCCCC. The predicted octanol–water partition coefficient (Wildman–Crippen LogP) is 11.7. The molecule has 0 spiro atoms. The molecule has 0 aliphatic rings. The number of allylic oxidation sites excluding steroid dienone is 5. The van der Waals surface area contributed by atoms with Gasteiger partial charge in [-0.05, 0) is 70.3 Å². The van der Waals surface area contributed by atoms with E-state index in [1.54, 1.807) is 0 Å². The molecule has 2 N–H and O–H groups in total. The Morgan fingerprint density at radius 1 is 0.574 bits per heavy atom. The van der Waals surface area contributed by atoms with Crippen LogP contribution >= 0.6 is 0 Å². The first-order valence-corrected chi connectivity index (χ1v) is 19.6. The lowest BCUT2D eigenvalue weighted by molar-refractivity contribution is -0.147. The summed E-state index contributed by atoms with van der Waals surface area (Å²) in [5, 5.41) is 11.0. The maximum Gasteiger partial charge on any atom is 0.322 e. The Bertz CT molecular complexity index is 819. The van der Waals surface area contributed by atoms with Gasteiger partial charge in [0.25, 0.3) is 0 Å². The molecule has 47 heavy (non-hydrogen) atoms. The Morgan fingerprint density at radius 2 is 1.06 bits per heavy atom. The number of carboxylic acids is 1. The molecule has 1 atom stereocenters. The zero-order chi connectivity index (χ0) is 34.5. The van der Waals surface area contributed by atoms with Crippen LogP contribution in [0, 0.1) is 0 Å². The van der Waals surface area contributed by atoms with Crippen LogP contribution in [0.1, 0.15) is 194 Å². The number of esters is 1. The van der Waals surface area contributed by atoms with E-state index in [2.05, 4.69) is 49.5 Å². The van der Waals surface area contributed by atoms with Gasteiger partial charge in [0.2, 0.25) is 5.91 Å². The second kappa shape index (κ2) is 36.5. The van der Waals surface area contributed by atoms with Crippen molar-refractivity contribution >= 4 is 17.8 Å². The zero-order valence-corrected chi connectivity index (χ0v) is 30.6. The number of hydrogen-bond donors (Lipinski definition) is 2. The number of unbranched alkanes of at least 4 members (excludes halogenated alkanes) is 20. The number of amides is 1. The minimum Gasteiger partial charge on any atom is -0.480 e. The van der Waals surface area contributed by atoms with Crippen LogP contribution in [0.3, 0.4) is 0 Å². The molecule has 1 amide bonds. The molecule has 0 aromatic rings. The van der Waals surface area contributed by atoms with Gasteiger partial charge < -0.3 is 15.2 Å². The van der Waals surface area contributed by atoms with Gasteiger partial charge >= 0.3 is 11.9 Å². The van der Waals surface area contributed by atoms with Crippen molar-refractivity contribution in [1.29, 1.82) is 0 Å². The number of nitrogens with one attached hydrogen (secondary N) is 1. The molecule has 6 heteroatoms. The van der Waals surface area contributed by atoms with Gasteiger partial charge in [-0.1, -0.05) is 147 Å². The Morgan fingerprint density at radius 3 is 1.66 bits per heavy atom. The van der Waals surface area contributed by atoms with E-state index in [-0.39, 0.29) is 24.5 Å². The van der Waals surface area contributed by atoms with Crippen molar-refractivity contribution in [2.75, 3.05) is 6.54 Å². The summed E-state index contributed by atoms with van der Waals surface area (Å²) in [6.07, 6.45) is 44.3. The molecule has 6 nitrogen and oxygen atoms in total. The van der Waals surface area contributed by atoms with Crippen LogP contribution in [-0.4, -0.2) is 35.6 Å². The normalized spacial score (nSPS) is 12.4. The molecule has 0 rings (SSSR count). The van der Waals surface area contributed by atoms with Crippen LogP contribution in [0.2, 0.25) is 0 Å². The number of hydrogen-bond acceptors (Lipinski definition) is 4.